The lowest BCUT2D eigenvalue weighted by Gasteiger charge is -2.24. The molecule has 1 aliphatic rings. The number of rotatable bonds is 11. The van der Waals surface area contributed by atoms with Crippen LogP contribution in [0.5, 0.6) is 0 Å². The zero-order chi connectivity index (χ0) is 50.0. The van der Waals surface area contributed by atoms with E-state index in [1.807, 2.05) is 24.4 Å². The molecule has 1 aliphatic heterocycles. The first kappa shape index (κ1) is 43.8. The van der Waals surface area contributed by atoms with Crippen LogP contribution in [0.15, 0.2) is 244 Å². The van der Waals surface area contributed by atoms with E-state index < -0.39 is 0 Å². The summed E-state index contributed by atoms with van der Waals surface area (Å²) in [6.07, 6.45) is 14.4. The molecule has 356 valence electrons. The van der Waals surface area contributed by atoms with Gasteiger partial charge >= 0.3 is 0 Å². The average Bonchev–Trinajstić information content (AvgIpc) is 4.12. The SMILES string of the molecule is C=CCC(C=C)c1cc(-c2nc(C3=CNCC=C3)nc(-c3cccnc3)n2)cc(-c2ccccc2)c1-n1c2ccc(-n3c4ccccc4c4ccccc43)cc2c2cc(-n3c4ccccc4c4ccccc43)ccc21. The van der Waals surface area contributed by atoms with Crippen molar-refractivity contribution in [2.24, 2.45) is 0 Å². The van der Waals surface area contributed by atoms with Crippen molar-refractivity contribution >= 4 is 71.0 Å². The summed E-state index contributed by atoms with van der Waals surface area (Å²) in [6.45, 7) is 9.49. The van der Waals surface area contributed by atoms with Crippen LogP contribution < -0.4 is 5.32 Å². The summed E-state index contributed by atoms with van der Waals surface area (Å²) in [5, 5.41) is 10.5. The lowest BCUT2D eigenvalue weighted by atomic mass is 9.87. The van der Waals surface area contributed by atoms with Crippen LogP contribution in [-0.2, 0) is 0 Å². The number of aromatic nitrogens is 7. The van der Waals surface area contributed by atoms with Crippen LogP contribution in [0.2, 0.25) is 0 Å². The number of nitrogens with one attached hydrogen (secondary N) is 1. The van der Waals surface area contributed by atoms with E-state index in [1.165, 1.54) is 21.5 Å². The van der Waals surface area contributed by atoms with E-state index in [1.54, 1.807) is 12.4 Å². The van der Waals surface area contributed by atoms with Gasteiger partial charge in [-0.05, 0) is 102 Å². The van der Waals surface area contributed by atoms with E-state index in [-0.39, 0.29) is 5.92 Å². The lowest BCUT2D eigenvalue weighted by Crippen LogP contribution is -2.11. The summed E-state index contributed by atoms with van der Waals surface area (Å²) in [6, 6.07) is 68.0. The molecule has 0 saturated carbocycles. The molecule has 5 aromatic heterocycles. The molecular formula is C67H48N8. The fourth-order valence-electron chi connectivity index (χ4n) is 11.5. The summed E-state index contributed by atoms with van der Waals surface area (Å²) >= 11 is 0. The number of hydrogen-bond acceptors (Lipinski definition) is 5. The van der Waals surface area contributed by atoms with Crippen molar-refractivity contribution < 1.29 is 0 Å². The minimum absolute atomic E-state index is 0.131. The molecule has 8 nitrogen and oxygen atoms in total. The number of nitrogens with zero attached hydrogens (tertiary/aromatic N) is 7. The van der Waals surface area contributed by atoms with E-state index in [4.69, 9.17) is 15.0 Å². The maximum Gasteiger partial charge on any atom is 0.165 e. The molecule has 0 bridgehead atoms. The van der Waals surface area contributed by atoms with E-state index in [9.17, 15) is 0 Å². The second kappa shape index (κ2) is 18.0. The van der Waals surface area contributed by atoms with Crippen LogP contribution in [0.25, 0.3) is 122 Å². The zero-order valence-corrected chi connectivity index (χ0v) is 41.0. The number of fused-ring (bicyclic) bond motifs is 9. The molecule has 0 amide bonds. The van der Waals surface area contributed by atoms with Crippen LogP contribution in [-0.4, -0.2) is 40.2 Å². The normalized spacial score (nSPS) is 13.0. The first-order valence-electron chi connectivity index (χ1n) is 25.4. The van der Waals surface area contributed by atoms with E-state index >= 15 is 0 Å². The van der Waals surface area contributed by atoms with Gasteiger partial charge in [0.1, 0.15) is 0 Å². The summed E-state index contributed by atoms with van der Waals surface area (Å²) in [5.41, 5.74) is 15.7. The Hall–Kier alpha value is -9.92. The second-order valence-corrected chi connectivity index (χ2v) is 19.1. The van der Waals surface area contributed by atoms with Gasteiger partial charge in [-0.1, -0.05) is 127 Å². The van der Waals surface area contributed by atoms with Crippen molar-refractivity contribution in [2.45, 2.75) is 12.3 Å². The molecule has 0 saturated heterocycles. The molecule has 1 unspecified atom stereocenters. The first-order chi connectivity index (χ1) is 37.1. The van der Waals surface area contributed by atoms with Crippen LogP contribution in [0.1, 0.15) is 23.7 Å². The van der Waals surface area contributed by atoms with Crippen molar-refractivity contribution in [3.05, 3.63) is 256 Å². The molecule has 0 spiro atoms. The zero-order valence-electron chi connectivity index (χ0n) is 41.0. The van der Waals surface area contributed by atoms with Gasteiger partial charge in [0.25, 0.3) is 0 Å². The van der Waals surface area contributed by atoms with Gasteiger partial charge < -0.3 is 19.0 Å². The third-order valence-corrected chi connectivity index (χ3v) is 14.8. The van der Waals surface area contributed by atoms with E-state index in [0.29, 0.717) is 23.9 Å². The molecule has 6 heterocycles. The summed E-state index contributed by atoms with van der Waals surface area (Å²) in [4.78, 5) is 19.9. The molecule has 1 atom stereocenters. The minimum Gasteiger partial charge on any atom is -0.387 e. The molecule has 14 rings (SSSR count). The van der Waals surface area contributed by atoms with Gasteiger partial charge in [-0.15, -0.1) is 13.2 Å². The fourth-order valence-corrected chi connectivity index (χ4v) is 11.5. The topological polar surface area (TPSA) is 78.4 Å². The highest BCUT2D eigenvalue weighted by Gasteiger charge is 2.26. The van der Waals surface area contributed by atoms with Crippen molar-refractivity contribution in [1.29, 1.82) is 0 Å². The highest BCUT2D eigenvalue weighted by molar-refractivity contribution is 6.14. The number of benzene rings is 8. The molecule has 0 radical (unpaired) electrons. The molecule has 75 heavy (non-hydrogen) atoms. The highest BCUT2D eigenvalue weighted by atomic mass is 15.1. The van der Waals surface area contributed by atoms with Gasteiger partial charge in [-0.25, -0.2) is 15.0 Å². The molecule has 13 aromatic rings. The van der Waals surface area contributed by atoms with Crippen molar-refractivity contribution in [3.63, 3.8) is 0 Å². The van der Waals surface area contributed by atoms with Crippen LogP contribution in [0.4, 0.5) is 0 Å². The Bertz CT molecular complexity index is 4220. The maximum absolute atomic E-state index is 5.25. The van der Waals surface area contributed by atoms with Gasteiger partial charge in [-0.2, -0.15) is 0 Å². The molecule has 0 aliphatic carbocycles. The van der Waals surface area contributed by atoms with Crippen molar-refractivity contribution in [1.82, 2.24) is 39.0 Å². The Morgan fingerprint density at radius 1 is 0.493 bits per heavy atom. The smallest absolute Gasteiger partial charge is 0.165 e. The Morgan fingerprint density at radius 2 is 1.01 bits per heavy atom. The van der Waals surface area contributed by atoms with Crippen LogP contribution in [0, 0.1) is 0 Å². The standard InChI is InChI=1S/C67H48N8/c1-3-18-43(4-2)54-37-47(67-71-65(45-21-16-35-68-41-45)70-66(72-67)46-22-17-36-69-42-46)38-55(44-19-6-5-7-20-44)64(54)75-62-33-31-48(73-58-27-12-8-23-50(58)51-24-9-13-28-59(51)73)39-56(62)57-40-49(32-34-63(57)75)74-60-29-14-10-25-52(60)53-26-11-15-30-61(53)74/h3-17,19-35,37-43,69H,1-2,18,36H2. The van der Waals surface area contributed by atoms with Crippen molar-refractivity contribution in [2.75, 3.05) is 6.54 Å². The minimum atomic E-state index is -0.131. The monoisotopic (exact) mass is 964 g/mol. The lowest BCUT2D eigenvalue weighted by molar-refractivity contribution is 0.856. The molecule has 1 N–H and O–H groups in total. The molecule has 8 heteroatoms. The van der Waals surface area contributed by atoms with E-state index in [0.717, 1.165) is 101 Å². The molecular weight excluding hydrogens is 917 g/mol. The summed E-state index contributed by atoms with van der Waals surface area (Å²) in [7, 11) is 0. The third kappa shape index (κ3) is 7.21. The average molecular weight is 965 g/mol. The second-order valence-electron chi connectivity index (χ2n) is 19.1. The van der Waals surface area contributed by atoms with Gasteiger partial charge in [0.15, 0.2) is 17.5 Å². The third-order valence-electron chi connectivity index (χ3n) is 14.8. The largest absolute Gasteiger partial charge is 0.387 e. The predicted molar refractivity (Wildman–Crippen MR) is 310 cm³/mol. The Morgan fingerprint density at radius 3 is 1.53 bits per heavy atom. The number of allylic oxidation sites excluding steroid dienone is 4. The highest BCUT2D eigenvalue weighted by Crippen LogP contribution is 2.45. The number of hydrogen-bond donors (Lipinski definition) is 1. The summed E-state index contributed by atoms with van der Waals surface area (Å²) < 4.78 is 7.31. The van der Waals surface area contributed by atoms with Crippen LogP contribution >= 0.6 is 0 Å². The maximum atomic E-state index is 5.25. The predicted octanol–water partition coefficient (Wildman–Crippen LogP) is 15.9. The van der Waals surface area contributed by atoms with Gasteiger partial charge in [0.05, 0.1) is 38.8 Å². The van der Waals surface area contributed by atoms with E-state index in [2.05, 4.69) is 231 Å². The Balaban J connectivity index is 1.09. The van der Waals surface area contributed by atoms with Gasteiger partial charge in [0.2, 0.25) is 0 Å². The Labute approximate surface area is 433 Å². The van der Waals surface area contributed by atoms with Gasteiger partial charge in [-0.3, -0.25) is 4.98 Å². The quantitative estimate of drug-likeness (QED) is 0.131. The van der Waals surface area contributed by atoms with Crippen molar-refractivity contribution in [3.8, 4) is 51.0 Å². The number of pyridine rings is 1. The molecule has 8 aromatic carbocycles. The van der Waals surface area contributed by atoms with Crippen LogP contribution in [0.3, 0.4) is 0 Å². The number of dihydropyridines is 1. The summed E-state index contributed by atoms with van der Waals surface area (Å²) in [5.74, 6) is 1.54. The first-order valence-corrected chi connectivity index (χ1v) is 25.4. The number of para-hydroxylation sites is 4. The molecule has 0 fully saturated rings. The Kier molecular flexibility index (Phi) is 10.5. The fraction of sp³-hybridized carbons (Fsp3) is 0.0448. The van der Waals surface area contributed by atoms with Gasteiger partial charge in [0, 0.05) is 97.0 Å².